The second kappa shape index (κ2) is 13.4. The summed E-state index contributed by atoms with van der Waals surface area (Å²) in [4.78, 5) is 0. The van der Waals surface area contributed by atoms with Gasteiger partial charge in [-0.1, -0.05) is 97.1 Å². The van der Waals surface area contributed by atoms with Crippen molar-refractivity contribution in [3.8, 4) is 5.75 Å². The van der Waals surface area contributed by atoms with E-state index in [0.717, 1.165) is 33.6 Å². The largest absolute Gasteiger partial charge is 0.497 e. The second-order valence-electron chi connectivity index (χ2n) is 10.5. The van der Waals surface area contributed by atoms with Crippen molar-refractivity contribution in [1.29, 1.82) is 0 Å². The van der Waals surface area contributed by atoms with Crippen LogP contribution in [0.1, 0.15) is 33.9 Å². The quantitative estimate of drug-likeness (QED) is 0.214. The van der Waals surface area contributed by atoms with Crippen LogP contribution in [0.3, 0.4) is 0 Å². The van der Waals surface area contributed by atoms with Crippen LogP contribution >= 0.6 is 0 Å². The van der Waals surface area contributed by atoms with E-state index in [1.807, 2.05) is 66.7 Å². The summed E-state index contributed by atoms with van der Waals surface area (Å²) in [7, 11) is 1.67. The Morgan fingerprint density at radius 3 is 1.88 bits per heavy atom. The average Bonchev–Trinajstić information content (AvgIpc) is 3.04. The molecule has 0 spiro atoms. The fourth-order valence-corrected chi connectivity index (χ4v) is 5.57. The minimum absolute atomic E-state index is 0.327. The van der Waals surface area contributed by atoms with Gasteiger partial charge in [0, 0.05) is 0 Å². The Labute approximate surface area is 241 Å². The van der Waals surface area contributed by atoms with Crippen LogP contribution < -0.4 is 4.74 Å². The van der Waals surface area contributed by atoms with E-state index >= 15 is 0 Å². The fourth-order valence-electron chi connectivity index (χ4n) is 5.57. The van der Waals surface area contributed by atoms with Crippen LogP contribution in [0.15, 0.2) is 109 Å². The van der Waals surface area contributed by atoms with E-state index in [0.29, 0.717) is 33.0 Å². The molecule has 0 aromatic heterocycles. The maximum absolute atomic E-state index is 6.82. The molecule has 6 nitrogen and oxygen atoms in total. The summed E-state index contributed by atoms with van der Waals surface area (Å²) >= 11 is 0. The summed E-state index contributed by atoms with van der Waals surface area (Å²) in [6, 6.07) is 36.6. The van der Waals surface area contributed by atoms with Gasteiger partial charge in [0.15, 0.2) is 0 Å². The first-order valence-corrected chi connectivity index (χ1v) is 14.1. The van der Waals surface area contributed by atoms with Crippen molar-refractivity contribution < 1.29 is 28.4 Å². The minimum Gasteiger partial charge on any atom is -0.497 e. The summed E-state index contributed by atoms with van der Waals surface area (Å²) in [6.45, 7) is 2.16. The summed E-state index contributed by atoms with van der Waals surface area (Å²) in [5.74, 6) is 0.797. The molecule has 3 unspecified atom stereocenters. The van der Waals surface area contributed by atoms with Gasteiger partial charge in [0.05, 0.1) is 40.1 Å². The Bertz CT molecular complexity index is 1360. The lowest BCUT2D eigenvalue weighted by Crippen LogP contribution is -2.59. The molecule has 1 saturated heterocycles. The van der Waals surface area contributed by atoms with Crippen molar-refractivity contribution in [3.63, 3.8) is 0 Å². The molecule has 6 rings (SSSR count). The molecule has 4 aromatic carbocycles. The first kappa shape index (κ1) is 27.6. The molecule has 1 fully saturated rings. The van der Waals surface area contributed by atoms with Crippen LogP contribution in [0.25, 0.3) is 0 Å². The molecular weight excluding hydrogens is 516 g/mol. The van der Waals surface area contributed by atoms with Gasteiger partial charge >= 0.3 is 0 Å². The van der Waals surface area contributed by atoms with Crippen molar-refractivity contribution in [2.24, 2.45) is 0 Å². The molecule has 0 aliphatic carbocycles. The first-order chi connectivity index (χ1) is 20.3. The van der Waals surface area contributed by atoms with E-state index < -0.39 is 6.10 Å². The molecule has 0 amide bonds. The van der Waals surface area contributed by atoms with Gasteiger partial charge in [-0.05, 0) is 39.9 Å². The van der Waals surface area contributed by atoms with Gasteiger partial charge in [0.1, 0.15) is 36.3 Å². The Morgan fingerprint density at radius 1 is 0.683 bits per heavy atom. The monoisotopic (exact) mass is 552 g/mol. The number of ether oxygens (including phenoxy) is 6. The first-order valence-electron chi connectivity index (χ1n) is 14.1. The summed E-state index contributed by atoms with van der Waals surface area (Å²) < 4.78 is 38.3. The molecule has 41 heavy (non-hydrogen) atoms. The van der Waals surface area contributed by atoms with E-state index in [1.54, 1.807) is 7.11 Å². The standard InChI is InChI=1S/C35H36O6/c1-36-29-17-18-30-28(19-29)23-40-34-32(30)41-31(24-37-20-25-11-5-2-6-12-25)33(38-21-26-13-7-3-8-14-26)35(34)39-22-27-15-9-4-10-16-27/h2-19,31-35H,20-24H2,1H3/t31?,32-,33+,34?,35?/m0/s1. The Hall–Kier alpha value is -3.52. The van der Waals surface area contributed by atoms with Gasteiger partial charge in [-0.25, -0.2) is 0 Å². The van der Waals surface area contributed by atoms with Crippen molar-refractivity contribution in [2.45, 2.75) is 56.9 Å². The summed E-state index contributed by atoms with van der Waals surface area (Å²) in [6.07, 6.45) is -1.83. The highest BCUT2D eigenvalue weighted by Crippen LogP contribution is 2.43. The van der Waals surface area contributed by atoms with Gasteiger partial charge in [-0.2, -0.15) is 0 Å². The number of hydrogen-bond donors (Lipinski definition) is 0. The molecule has 4 aromatic rings. The van der Waals surface area contributed by atoms with E-state index in [4.69, 9.17) is 28.4 Å². The Kier molecular flexibility index (Phi) is 9.05. The van der Waals surface area contributed by atoms with Gasteiger partial charge in [0.2, 0.25) is 0 Å². The lowest BCUT2D eigenvalue weighted by atomic mass is 9.86. The van der Waals surface area contributed by atoms with Gasteiger partial charge in [-0.3, -0.25) is 0 Å². The zero-order valence-electron chi connectivity index (χ0n) is 23.3. The Morgan fingerprint density at radius 2 is 1.27 bits per heavy atom. The van der Waals surface area contributed by atoms with Gasteiger partial charge in [0.25, 0.3) is 0 Å². The van der Waals surface area contributed by atoms with Crippen LogP contribution in [0.4, 0.5) is 0 Å². The van der Waals surface area contributed by atoms with Crippen molar-refractivity contribution in [2.75, 3.05) is 13.7 Å². The normalized spacial score (nSPS) is 23.4. The number of benzene rings is 4. The van der Waals surface area contributed by atoms with E-state index in [2.05, 4.69) is 42.5 Å². The fraction of sp³-hybridized carbons (Fsp3) is 0.314. The van der Waals surface area contributed by atoms with Gasteiger partial charge < -0.3 is 28.4 Å². The third-order valence-corrected chi connectivity index (χ3v) is 7.69. The second-order valence-corrected chi connectivity index (χ2v) is 10.5. The molecule has 0 saturated carbocycles. The molecule has 0 N–H and O–H groups in total. The highest BCUT2D eigenvalue weighted by atomic mass is 16.6. The molecule has 2 aliphatic heterocycles. The third-order valence-electron chi connectivity index (χ3n) is 7.69. The van der Waals surface area contributed by atoms with Crippen LogP contribution in [0, 0.1) is 0 Å². The number of rotatable bonds is 11. The lowest BCUT2D eigenvalue weighted by Gasteiger charge is -2.48. The molecular formula is C35H36O6. The molecule has 5 atom stereocenters. The molecule has 0 radical (unpaired) electrons. The molecule has 2 aliphatic rings. The molecule has 212 valence electrons. The minimum atomic E-state index is -0.407. The molecule has 0 bridgehead atoms. The number of fused-ring (bicyclic) bond motifs is 3. The topological polar surface area (TPSA) is 55.4 Å². The predicted octanol–water partition coefficient (Wildman–Crippen LogP) is 6.42. The van der Waals surface area contributed by atoms with E-state index in [-0.39, 0.29) is 24.4 Å². The predicted molar refractivity (Wildman–Crippen MR) is 155 cm³/mol. The number of hydrogen-bond acceptors (Lipinski definition) is 6. The van der Waals surface area contributed by atoms with Crippen LogP contribution in [0.5, 0.6) is 5.75 Å². The molecule has 6 heteroatoms. The maximum Gasteiger partial charge on any atom is 0.119 e. The highest BCUT2D eigenvalue weighted by Gasteiger charge is 2.50. The molecule has 2 heterocycles. The zero-order valence-corrected chi connectivity index (χ0v) is 23.3. The van der Waals surface area contributed by atoms with E-state index in [9.17, 15) is 0 Å². The average molecular weight is 553 g/mol. The SMILES string of the molecule is COc1ccc2c(c1)COC1C(OCc3ccccc3)[C@H](OCc3ccccc3)C(COCc3ccccc3)O[C@@H]21. The summed E-state index contributed by atoms with van der Waals surface area (Å²) in [5, 5.41) is 0. The van der Waals surface area contributed by atoms with Crippen LogP contribution in [-0.2, 0) is 50.1 Å². The number of methoxy groups -OCH3 is 1. The van der Waals surface area contributed by atoms with Crippen molar-refractivity contribution in [1.82, 2.24) is 0 Å². The lowest BCUT2D eigenvalue weighted by molar-refractivity contribution is -0.279. The van der Waals surface area contributed by atoms with Crippen molar-refractivity contribution in [3.05, 3.63) is 137 Å². The van der Waals surface area contributed by atoms with E-state index in [1.165, 1.54) is 0 Å². The third kappa shape index (κ3) is 6.70. The highest BCUT2D eigenvalue weighted by molar-refractivity contribution is 5.39. The van der Waals surface area contributed by atoms with Gasteiger partial charge in [-0.15, -0.1) is 0 Å². The summed E-state index contributed by atoms with van der Waals surface area (Å²) in [5.41, 5.74) is 5.43. The van der Waals surface area contributed by atoms with Crippen molar-refractivity contribution >= 4 is 0 Å². The van der Waals surface area contributed by atoms with Crippen LogP contribution in [0.2, 0.25) is 0 Å². The van der Waals surface area contributed by atoms with Crippen LogP contribution in [-0.4, -0.2) is 38.1 Å². The smallest absolute Gasteiger partial charge is 0.119 e. The zero-order chi connectivity index (χ0) is 27.9. The maximum atomic E-state index is 6.82. The Balaban J connectivity index is 1.29.